The first-order valence-electron chi connectivity index (χ1n) is 6.90. The third-order valence-corrected chi connectivity index (χ3v) is 3.71. The highest BCUT2D eigenvalue weighted by Gasteiger charge is 2.27. The molecule has 0 amide bonds. The first kappa shape index (κ1) is 17.3. The Kier molecular flexibility index (Phi) is 6.83. The van der Waals surface area contributed by atoms with Crippen LogP contribution in [0.2, 0.25) is 5.02 Å². The molecule has 0 aliphatic carbocycles. The molecule has 1 aromatic carbocycles. The number of aryl methyl sites for hydroxylation is 1. The number of hydrogen-bond acceptors (Lipinski definition) is 1. The monoisotopic (exact) mass is 307 g/mol. The molecular weight excluding hydrogens is 287 g/mol. The van der Waals surface area contributed by atoms with E-state index >= 15 is 0 Å². The van der Waals surface area contributed by atoms with E-state index in [-0.39, 0.29) is 12.5 Å². The van der Waals surface area contributed by atoms with Gasteiger partial charge in [-0.1, -0.05) is 36.7 Å². The molecule has 0 saturated heterocycles. The second-order valence-corrected chi connectivity index (χ2v) is 5.37. The van der Waals surface area contributed by atoms with Crippen molar-refractivity contribution in [1.82, 2.24) is 5.32 Å². The molecule has 1 atom stereocenters. The second-order valence-electron chi connectivity index (χ2n) is 4.99. The predicted molar refractivity (Wildman–Crippen MR) is 77.1 cm³/mol. The maximum absolute atomic E-state index is 12.3. The smallest absolute Gasteiger partial charge is 0.310 e. The van der Waals surface area contributed by atoms with Crippen molar-refractivity contribution in [3.05, 3.63) is 34.3 Å². The molecule has 114 valence electrons. The number of hydrogen-bond donors (Lipinski definition) is 1. The second kappa shape index (κ2) is 7.89. The molecule has 0 bridgehead atoms. The molecule has 0 saturated carbocycles. The van der Waals surface area contributed by atoms with Crippen molar-refractivity contribution >= 4 is 11.6 Å². The Balaban J connectivity index is 2.75. The topological polar surface area (TPSA) is 12.0 Å². The van der Waals surface area contributed by atoms with Gasteiger partial charge in [0.05, 0.1) is 0 Å². The zero-order valence-electron chi connectivity index (χ0n) is 11.9. The quantitative estimate of drug-likeness (QED) is 0.709. The van der Waals surface area contributed by atoms with E-state index in [1.165, 1.54) is 0 Å². The molecule has 1 aromatic rings. The predicted octanol–water partition coefficient (Wildman–Crippen LogP) is 5.42. The summed E-state index contributed by atoms with van der Waals surface area (Å²) in [5.74, 6) is 0. The normalized spacial score (nSPS) is 13.5. The zero-order valence-corrected chi connectivity index (χ0v) is 12.6. The van der Waals surface area contributed by atoms with Gasteiger partial charge in [-0.05, 0) is 43.9 Å². The van der Waals surface area contributed by atoms with Crippen LogP contribution in [0.4, 0.5) is 13.2 Å². The molecule has 0 spiro atoms. The van der Waals surface area contributed by atoms with Crippen LogP contribution in [0.25, 0.3) is 0 Å². The fourth-order valence-electron chi connectivity index (χ4n) is 2.13. The molecule has 0 aliphatic heterocycles. The third-order valence-electron chi connectivity index (χ3n) is 3.19. The highest BCUT2D eigenvalue weighted by Crippen LogP contribution is 2.31. The minimum Gasteiger partial charge on any atom is -0.310 e. The highest BCUT2D eigenvalue weighted by atomic mass is 35.5. The molecule has 0 fully saturated rings. The summed E-state index contributed by atoms with van der Waals surface area (Å²) in [6.07, 6.45) is -3.37. The molecule has 1 unspecified atom stereocenters. The van der Waals surface area contributed by atoms with Gasteiger partial charge in [0.15, 0.2) is 0 Å². The lowest BCUT2D eigenvalue weighted by atomic mass is 9.99. The van der Waals surface area contributed by atoms with Crippen LogP contribution in [0.1, 0.15) is 49.8 Å². The number of alkyl halides is 3. The van der Waals surface area contributed by atoms with Crippen molar-refractivity contribution in [2.75, 3.05) is 6.54 Å². The number of rotatable bonds is 7. The largest absolute Gasteiger partial charge is 0.389 e. The van der Waals surface area contributed by atoms with Crippen molar-refractivity contribution in [2.45, 2.75) is 51.7 Å². The fourth-order valence-corrected chi connectivity index (χ4v) is 2.39. The highest BCUT2D eigenvalue weighted by molar-refractivity contribution is 6.32. The molecule has 1 rings (SSSR count). The number of halogens is 4. The SMILES string of the molecule is CCCNC(CCCC(F)(F)F)c1cccc(C)c1Cl. The molecular formula is C15H21ClF3N. The third kappa shape index (κ3) is 5.71. The van der Waals surface area contributed by atoms with Crippen molar-refractivity contribution in [1.29, 1.82) is 0 Å². The van der Waals surface area contributed by atoms with Crippen LogP contribution in [0, 0.1) is 6.92 Å². The van der Waals surface area contributed by atoms with Gasteiger partial charge >= 0.3 is 6.18 Å². The molecule has 0 heterocycles. The van der Waals surface area contributed by atoms with Crippen molar-refractivity contribution < 1.29 is 13.2 Å². The van der Waals surface area contributed by atoms with Gasteiger partial charge in [-0.25, -0.2) is 0 Å². The van der Waals surface area contributed by atoms with E-state index in [2.05, 4.69) is 5.32 Å². The molecule has 0 radical (unpaired) electrons. The van der Waals surface area contributed by atoms with Gasteiger partial charge in [0.25, 0.3) is 0 Å². The Bertz CT molecular complexity index is 418. The first-order valence-corrected chi connectivity index (χ1v) is 7.28. The summed E-state index contributed by atoms with van der Waals surface area (Å²) >= 11 is 6.27. The zero-order chi connectivity index (χ0) is 15.2. The van der Waals surface area contributed by atoms with Gasteiger partial charge in [-0.15, -0.1) is 0 Å². The van der Waals surface area contributed by atoms with E-state index in [0.717, 1.165) is 24.1 Å². The Hall–Kier alpha value is -0.740. The van der Waals surface area contributed by atoms with Crippen LogP contribution in [0.3, 0.4) is 0 Å². The Morgan fingerprint density at radius 3 is 2.60 bits per heavy atom. The lowest BCUT2D eigenvalue weighted by Gasteiger charge is -2.21. The van der Waals surface area contributed by atoms with Crippen LogP contribution >= 0.6 is 11.6 Å². The van der Waals surface area contributed by atoms with Gasteiger partial charge < -0.3 is 5.32 Å². The minimum absolute atomic E-state index is 0.106. The number of benzene rings is 1. The van der Waals surface area contributed by atoms with E-state index in [4.69, 9.17) is 11.6 Å². The summed E-state index contributed by atoms with van der Waals surface area (Å²) in [5.41, 5.74) is 1.84. The average molecular weight is 308 g/mol. The fraction of sp³-hybridized carbons (Fsp3) is 0.600. The Morgan fingerprint density at radius 2 is 2.00 bits per heavy atom. The Labute approximate surface area is 123 Å². The van der Waals surface area contributed by atoms with Crippen LogP contribution in [-0.4, -0.2) is 12.7 Å². The van der Waals surface area contributed by atoms with Crippen molar-refractivity contribution in [2.24, 2.45) is 0 Å². The van der Waals surface area contributed by atoms with Crippen LogP contribution < -0.4 is 5.32 Å². The lowest BCUT2D eigenvalue weighted by molar-refractivity contribution is -0.135. The average Bonchev–Trinajstić information content (AvgIpc) is 2.36. The van der Waals surface area contributed by atoms with E-state index in [1.54, 1.807) is 0 Å². The molecule has 20 heavy (non-hydrogen) atoms. The molecule has 1 N–H and O–H groups in total. The first-order chi connectivity index (χ1) is 9.35. The van der Waals surface area contributed by atoms with Crippen LogP contribution in [0.5, 0.6) is 0 Å². The minimum atomic E-state index is -4.09. The summed E-state index contributed by atoms with van der Waals surface area (Å²) in [7, 11) is 0. The van der Waals surface area contributed by atoms with Gasteiger partial charge in [0, 0.05) is 17.5 Å². The van der Waals surface area contributed by atoms with E-state index < -0.39 is 12.6 Å². The maximum Gasteiger partial charge on any atom is 0.389 e. The lowest BCUT2D eigenvalue weighted by Crippen LogP contribution is -2.23. The van der Waals surface area contributed by atoms with E-state index in [0.29, 0.717) is 11.4 Å². The summed E-state index contributed by atoms with van der Waals surface area (Å²) < 4.78 is 36.8. The summed E-state index contributed by atoms with van der Waals surface area (Å²) in [6, 6.07) is 5.56. The van der Waals surface area contributed by atoms with Crippen LogP contribution in [-0.2, 0) is 0 Å². The van der Waals surface area contributed by atoms with Gasteiger partial charge in [-0.2, -0.15) is 13.2 Å². The van der Waals surface area contributed by atoms with E-state index in [1.807, 2.05) is 32.0 Å². The number of nitrogens with one attached hydrogen (secondary N) is 1. The standard InChI is InChI=1S/C15H21ClF3N/c1-3-10-20-13(8-5-9-15(17,18)19)12-7-4-6-11(2)14(12)16/h4,6-7,13,20H,3,5,8-10H2,1-2H3. The summed E-state index contributed by atoms with van der Waals surface area (Å²) in [4.78, 5) is 0. The summed E-state index contributed by atoms with van der Waals surface area (Å²) in [6.45, 7) is 4.69. The molecule has 0 aliphatic rings. The van der Waals surface area contributed by atoms with Crippen LogP contribution in [0.15, 0.2) is 18.2 Å². The van der Waals surface area contributed by atoms with Gasteiger partial charge in [0.1, 0.15) is 0 Å². The van der Waals surface area contributed by atoms with Crippen molar-refractivity contribution in [3.8, 4) is 0 Å². The molecule has 0 aromatic heterocycles. The maximum atomic E-state index is 12.3. The van der Waals surface area contributed by atoms with Crippen molar-refractivity contribution in [3.63, 3.8) is 0 Å². The van der Waals surface area contributed by atoms with Gasteiger partial charge in [-0.3, -0.25) is 0 Å². The Morgan fingerprint density at radius 1 is 1.30 bits per heavy atom. The van der Waals surface area contributed by atoms with E-state index in [9.17, 15) is 13.2 Å². The molecule has 1 nitrogen and oxygen atoms in total. The molecule has 5 heteroatoms. The van der Waals surface area contributed by atoms with Gasteiger partial charge in [0.2, 0.25) is 0 Å². The summed E-state index contributed by atoms with van der Waals surface area (Å²) in [5, 5.41) is 3.93.